The molecule has 1 aromatic heterocycles. The highest BCUT2D eigenvalue weighted by Gasteiger charge is 2.18. The van der Waals surface area contributed by atoms with Gasteiger partial charge in [-0.15, -0.1) is 11.3 Å². The van der Waals surface area contributed by atoms with Gasteiger partial charge in [-0.25, -0.2) is 0 Å². The van der Waals surface area contributed by atoms with Gasteiger partial charge in [-0.1, -0.05) is 0 Å². The monoisotopic (exact) mass is 338 g/mol. The Hall–Kier alpha value is 0.0600. The van der Waals surface area contributed by atoms with Crippen LogP contribution in [0.1, 0.15) is 37.0 Å². The number of halogens is 1. The van der Waals surface area contributed by atoms with Crippen LogP contribution in [0.5, 0.6) is 0 Å². The number of methoxy groups -OCH3 is 1. The van der Waals surface area contributed by atoms with Gasteiger partial charge in [0.05, 0.1) is 8.48 Å². The molecule has 0 unspecified atom stereocenters. The number of thiophene rings is 1. The molecule has 0 saturated carbocycles. The molecule has 0 aliphatic rings. The van der Waals surface area contributed by atoms with Gasteiger partial charge in [-0.2, -0.15) is 0 Å². The van der Waals surface area contributed by atoms with Crippen LogP contribution in [0.4, 0.5) is 0 Å². The molecular weight excluding hydrogens is 323 g/mol. The standard InChI is InChI=1S/C11H15IO2S/c1-11(2,14-3)5-4-9(13)8-6-10(12)15-7-8/h6-7H,4-5H2,1-3H3. The molecule has 0 bridgehead atoms. The van der Waals surface area contributed by atoms with Gasteiger partial charge in [0.25, 0.3) is 0 Å². The van der Waals surface area contributed by atoms with Crippen molar-refractivity contribution in [3.63, 3.8) is 0 Å². The van der Waals surface area contributed by atoms with Gasteiger partial charge >= 0.3 is 0 Å². The summed E-state index contributed by atoms with van der Waals surface area (Å²) in [6.07, 6.45) is 1.31. The number of ether oxygens (including phenoxy) is 1. The van der Waals surface area contributed by atoms with E-state index in [9.17, 15) is 4.79 Å². The minimum atomic E-state index is -0.209. The van der Waals surface area contributed by atoms with E-state index in [0.29, 0.717) is 6.42 Å². The number of Topliss-reactive ketones (excluding diaryl/α,β-unsaturated/α-hetero) is 1. The Kier molecular flexibility index (Phi) is 4.73. The molecule has 0 aliphatic heterocycles. The van der Waals surface area contributed by atoms with Crippen molar-refractivity contribution in [2.75, 3.05) is 7.11 Å². The number of carbonyl (C=O) groups is 1. The van der Waals surface area contributed by atoms with Crippen molar-refractivity contribution >= 4 is 39.7 Å². The lowest BCUT2D eigenvalue weighted by Crippen LogP contribution is -2.23. The third kappa shape index (κ3) is 4.20. The van der Waals surface area contributed by atoms with Gasteiger partial charge in [0, 0.05) is 24.5 Å². The molecule has 1 heterocycles. The van der Waals surface area contributed by atoms with Crippen LogP contribution in [-0.2, 0) is 4.74 Å². The number of rotatable bonds is 5. The molecule has 84 valence electrons. The van der Waals surface area contributed by atoms with Gasteiger partial charge in [-0.3, -0.25) is 4.79 Å². The SMILES string of the molecule is COC(C)(C)CCC(=O)c1csc(I)c1. The van der Waals surface area contributed by atoms with Gasteiger partial charge in [0.1, 0.15) is 0 Å². The van der Waals surface area contributed by atoms with Crippen LogP contribution in [-0.4, -0.2) is 18.5 Å². The van der Waals surface area contributed by atoms with E-state index in [0.717, 1.165) is 14.9 Å². The minimum absolute atomic E-state index is 0.208. The summed E-state index contributed by atoms with van der Waals surface area (Å²) in [4.78, 5) is 11.8. The van der Waals surface area contributed by atoms with Crippen molar-refractivity contribution in [2.24, 2.45) is 0 Å². The van der Waals surface area contributed by atoms with Crippen LogP contribution in [0.15, 0.2) is 11.4 Å². The van der Waals surface area contributed by atoms with E-state index >= 15 is 0 Å². The van der Waals surface area contributed by atoms with Crippen LogP contribution < -0.4 is 0 Å². The van der Waals surface area contributed by atoms with Gasteiger partial charge < -0.3 is 4.74 Å². The molecule has 0 N–H and O–H groups in total. The summed E-state index contributed by atoms with van der Waals surface area (Å²) in [6, 6.07) is 1.94. The summed E-state index contributed by atoms with van der Waals surface area (Å²) >= 11 is 3.83. The van der Waals surface area contributed by atoms with E-state index in [4.69, 9.17) is 4.74 Å². The summed E-state index contributed by atoms with van der Waals surface area (Å²) in [5.41, 5.74) is 0.620. The first-order chi connectivity index (χ1) is 6.94. The second-order valence-corrected chi connectivity index (χ2v) is 6.83. The van der Waals surface area contributed by atoms with E-state index in [-0.39, 0.29) is 11.4 Å². The van der Waals surface area contributed by atoms with Gasteiger partial charge in [-0.05, 0) is 48.9 Å². The first-order valence-corrected chi connectivity index (χ1v) is 6.73. The van der Waals surface area contributed by atoms with Gasteiger partial charge in [0.2, 0.25) is 0 Å². The minimum Gasteiger partial charge on any atom is -0.379 e. The normalized spacial score (nSPS) is 11.7. The maximum atomic E-state index is 11.8. The predicted molar refractivity (Wildman–Crippen MR) is 71.7 cm³/mol. The first-order valence-electron chi connectivity index (χ1n) is 4.77. The summed E-state index contributed by atoms with van der Waals surface area (Å²) in [5, 5.41) is 1.92. The summed E-state index contributed by atoms with van der Waals surface area (Å²) in [5.74, 6) is 0.208. The zero-order valence-corrected chi connectivity index (χ0v) is 12.1. The number of hydrogen-bond acceptors (Lipinski definition) is 3. The van der Waals surface area contributed by atoms with Gasteiger partial charge in [0.15, 0.2) is 5.78 Å². The quantitative estimate of drug-likeness (QED) is 0.604. The maximum absolute atomic E-state index is 11.8. The Morgan fingerprint density at radius 2 is 2.27 bits per heavy atom. The highest BCUT2D eigenvalue weighted by Crippen LogP contribution is 2.21. The molecule has 0 aromatic carbocycles. The molecule has 0 amide bonds. The fourth-order valence-electron chi connectivity index (χ4n) is 1.12. The van der Waals surface area contributed by atoms with E-state index in [1.165, 1.54) is 0 Å². The van der Waals surface area contributed by atoms with Crippen LogP contribution in [0.25, 0.3) is 0 Å². The fraction of sp³-hybridized carbons (Fsp3) is 0.545. The molecular formula is C11H15IO2S. The zero-order chi connectivity index (χ0) is 11.5. The fourth-order valence-corrected chi connectivity index (χ4v) is 2.47. The van der Waals surface area contributed by atoms with Crippen molar-refractivity contribution in [1.82, 2.24) is 0 Å². The van der Waals surface area contributed by atoms with Crippen molar-refractivity contribution in [1.29, 1.82) is 0 Å². The topological polar surface area (TPSA) is 26.3 Å². The molecule has 0 atom stereocenters. The molecule has 1 rings (SSSR count). The Labute approximate surface area is 108 Å². The second-order valence-electron chi connectivity index (χ2n) is 4.03. The van der Waals surface area contributed by atoms with E-state index in [1.54, 1.807) is 18.4 Å². The lowest BCUT2D eigenvalue weighted by molar-refractivity contribution is 0.0141. The summed E-state index contributed by atoms with van der Waals surface area (Å²) in [6.45, 7) is 4.00. The average molecular weight is 338 g/mol. The molecule has 0 radical (unpaired) electrons. The first kappa shape index (κ1) is 13.1. The Morgan fingerprint density at radius 3 is 2.73 bits per heavy atom. The molecule has 1 aromatic rings. The van der Waals surface area contributed by atoms with E-state index in [1.807, 2.05) is 25.3 Å². The summed E-state index contributed by atoms with van der Waals surface area (Å²) < 4.78 is 6.43. The predicted octanol–water partition coefficient (Wildman–Crippen LogP) is 3.74. The van der Waals surface area contributed by atoms with Crippen LogP contribution in [0, 0.1) is 2.88 Å². The molecule has 15 heavy (non-hydrogen) atoms. The van der Waals surface area contributed by atoms with Crippen LogP contribution in [0.3, 0.4) is 0 Å². The molecule has 0 aliphatic carbocycles. The van der Waals surface area contributed by atoms with Crippen LogP contribution >= 0.6 is 33.9 Å². The van der Waals surface area contributed by atoms with E-state index in [2.05, 4.69) is 22.6 Å². The number of hydrogen-bond donors (Lipinski definition) is 0. The van der Waals surface area contributed by atoms with Crippen molar-refractivity contribution in [3.8, 4) is 0 Å². The Balaban J connectivity index is 2.50. The largest absolute Gasteiger partial charge is 0.379 e. The maximum Gasteiger partial charge on any atom is 0.163 e. The third-order valence-corrected chi connectivity index (χ3v) is 4.19. The average Bonchev–Trinajstić information content (AvgIpc) is 2.61. The lowest BCUT2D eigenvalue weighted by Gasteiger charge is -2.21. The highest BCUT2D eigenvalue weighted by atomic mass is 127. The number of carbonyl (C=O) groups excluding carboxylic acids is 1. The second kappa shape index (κ2) is 5.41. The molecule has 0 saturated heterocycles. The number of ketones is 1. The smallest absolute Gasteiger partial charge is 0.163 e. The molecule has 2 nitrogen and oxygen atoms in total. The van der Waals surface area contributed by atoms with Crippen molar-refractivity contribution < 1.29 is 9.53 Å². The Bertz CT molecular complexity index is 344. The van der Waals surface area contributed by atoms with Crippen molar-refractivity contribution in [2.45, 2.75) is 32.3 Å². The van der Waals surface area contributed by atoms with Crippen LogP contribution in [0.2, 0.25) is 0 Å². The van der Waals surface area contributed by atoms with Crippen molar-refractivity contribution in [3.05, 3.63) is 19.9 Å². The summed E-state index contributed by atoms with van der Waals surface area (Å²) in [7, 11) is 1.68. The zero-order valence-electron chi connectivity index (χ0n) is 9.17. The van der Waals surface area contributed by atoms with E-state index < -0.39 is 0 Å². The lowest BCUT2D eigenvalue weighted by atomic mass is 9.99. The third-order valence-electron chi connectivity index (χ3n) is 2.40. The molecule has 0 fully saturated rings. The Morgan fingerprint density at radius 1 is 1.60 bits per heavy atom. The molecule has 0 spiro atoms. The molecule has 4 heteroatoms. The highest BCUT2D eigenvalue weighted by molar-refractivity contribution is 14.1.